The van der Waals surface area contributed by atoms with Crippen molar-refractivity contribution in [3.63, 3.8) is 0 Å². The van der Waals surface area contributed by atoms with Crippen LogP contribution in [0.2, 0.25) is 0 Å². The number of aliphatic hydroxyl groups is 1. The minimum Gasteiger partial charge on any atom is -0.443 e. The van der Waals surface area contributed by atoms with Crippen LogP contribution in [0.25, 0.3) is 0 Å². The highest BCUT2D eigenvalue weighted by Gasteiger charge is 2.42. The molecule has 130 valence electrons. The van der Waals surface area contributed by atoms with Crippen molar-refractivity contribution in [2.24, 2.45) is 0 Å². The number of likely N-dealkylation sites (tertiary alicyclic amines) is 1. The van der Waals surface area contributed by atoms with Crippen molar-refractivity contribution in [3.8, 4) is 0 Å². The van der Waals surface area contributed by atoms with Crippen LogP contribution in [-0.4, -0.2) is 39.6 Å². The van der Waals surface area contributed by atoms with Gasteiger partial charge in [0, 0.05) is 12.1 Å². The molecule has 1 aliphatic heterocycles. The van der Waals surface area contributed by atoms with E-state index in [-0.39, 0.29) is 19.4 Å². The molecule has 1 unspecified atom stereocenters. The predicted molar refractivity (Wildman–Crippen MR) is 87.1 cm³/mol. The number of hydrogen-bond acceptors (Lipinski definition) is 5. The summed E-state index contributed by atoms with van der Waals surface area (Å²) in [7, 11) is 0. The summed E-state index contributed by atoms with van der Waals surface area (Å²) in [6.45, 7) is 5.01. The van der Waals surface area contributed by atoms with Crippen LogP contribution in [0, 0.1) is 0 Å². The molecule has 24 heavy (non-hydrogen) atoms. The molecule has 0 bridgehead atoms. The Balaban J connectivity index is 2.08. The molecular formula is C17H22N2O5. The van der Waals surface area contributed by atoms with Gasteiger partial charge in [-0.2, -0.15) is 0 Å². The lowest BCUT2D eigenvalue weighted by molar-refractivity contribution is -0.132. The summed E-state index contributed by atoms with van der Waals surface area (Å²) in [5, 5.41) is 11.7. The van der Waals surface area contributed by atoms with E-state index in [1.807, 2.05) is 0 Å². The number of rotatable bonds is 3. The molecule has 7 nitrogen and oxygen atoms in total. The fourth-order valence-corrected chi connectivity index (χ4v) is 2.39. The van der Waals surface area contributed by atoms with Crippen molar-refractivity contribution in [1.29, 1.82) is 0 Å². The predicted octanol–water partition coefficient (Wildman–Crippen LogP) is 2.04. The molecule has 1 heterocycles. The number of ether oxygens (including phenoxy) is 1. The van der Waals surface area contributed by atoms with Gasteiger partial charge in [0.2, 0.25) is 11.8 Å². The number of nitrogens with zero attached hydrogens (tertiary/aromatic N) is 1. The zero-order valence-corrected chi connectivity index (χ0v) is 14.0. The molecule has 0 aliphatic carbocycles. The second-order valence-corrected chi connectivity index (χ2v) is 6.64. The van der Waals surface area contributed by atoms with Crippen LogP contribution in [0.4, 0.5) is 10.5 Å². The van der Waals surface area contributed by atoms with Gasteiger partial charge in [-0.25, -0.2) is 9.69 Å². The van der Waals surface area contributed by atoms with Crippen LogP contribution in [-0.2, 0) is 20.9 Å². The highest BCUT2D eigenvalue weighted by Crippen LogP contribution is 2.23. The maximum absolute atomic E-state index is 12.4. The van der Waals surface area contributed by atoms with Gasteiger partial charge in [-0.3, -0.25) is 9.59 Å². The first kappa shape index (κ1) is 17.9. The van der Waals surface area contributed by atoms with Gasteiger partial charge >= 0.3 is 6.09 Å². The van der Waals surface area contributed by atoms with Gasteiger partial charge < -0.3 is 15.2 Å². The first-order chi connectivity index (χ1) is 11.2. The Morgan fingerprint density at radius 3 is 2.46 bits per heavy atom. The van der Waals surface area contributed by atoms with Gasteiger partial charge in [0.05, 0.1) is 6.61 Å². The highest BCUT2D eigenvalue weighted by molar-refractivity contribution is 6.04. The van der Waals surface area contributed by atoms with E-state index in [1.165, 1.54) is 0 Å². The lowest BCUT2D eigenvalue weighted by Crippen LogP contribution is -2.47. The molecule has 7 heteroatoms. The van der Waals surface area contributed by atoms with Gasteiger partial charge in [0.25, 0.3) is 0 Å². The molecule has 0 spiro atoms. The van der Waals surface area contributed by atoms with E-state index in [0.29, 0.717) is 5.69 Å². The fourth-order valence-electron chi connectivity index (χ4n) is 2.39. The van der Waals surface area contributed by atoms with E-state index in [4.69, 9.17) is 9.84 Å². The van der Waals surface area contributed by atoms with Crippen LogP contribution in [0.3, 0.4) is 0 Å². The molecule has 0 aromatic heterocycles. The van der Waals surface area contributed by atoms with E-state index in [1.54, 1.807) is 45.0 Å². The molecule has 1 fully saturated rings. The zero-order valence-electron chi connectivity index (χ0n) is 14.0. The monoisotopic (exact) mass is 334 g/mol. The quantitative estimate of drug-likeness (QED) is 0.882. The number of carbonyl (C=O) groups is 3. The standard InChI is InChI=1S/C17H22N2O5/c1-17(2,3)24-16(23)19-13(8-9-14(19)21)15(22)18-12-6-4-11(10-20)5-7-12/h4-7,13,20H,8-10H2,1-3H3,(H,18,22). The topological polar surface area (TPSA) is 95.9 Å². The summed E-state index contributed by atoms with van der Waals surface area (Å²) in [4.78, 5) is 37.5. The summed E-state index contributed by atoms with van der Waals surface area (Å²) in [5.74, 6) is -0.858. The van der Waals surface area contributed by atoms with Crippen molar-refractivity contribution in [2.45, 2.75) is 51.9 Å². The molecule has 0 saturated carbocycles. The molecule has 2 N–H and O–H groups in total. The Morgan fingerprint density at radius 2 is 1.92 bits per heavy atom. The number of nitrogens with one attached hydrogen (secondary N) is 1. The first-order valence-electron chi connectivity index (χ1n) is 7.77. The largest absolute Gasteiger partial charge is 0.443 e. The number of carbonyl (C=O) groups excluding carboxylic acids is 3. The number of hydrogen-bond donors (Lipinski definition) is 2. The number of amides is 3. The molecular weight excluding hydrogens is 312 g/mol. The number of imide groups is 1. The fraction of sp³-hybridized carbons (Fsp3) is 0.471. The summed E-state index contributed by atoms with van der Waals surface area (Å²) in [6.07, 6.45) is -0.417. The summed E-state index contributed by atoms with van der Waals surface area (Å²) in [6, 6.07) is 5.78. The molecule has 1 aromatic rings. The van der Waals surface area contributed by atoms with Crippen molar-refractivity contribution < 1.29 is 24.2 Å². The van der Waals surface area contributed by atoms with Crippen LogP contribution in [0.1, 0.15) is 39.2 Å². The summed E-state index contributed by atoms with van der Waals surface area (Å²) in [5.41, 5.74) is 0.501. The number of aliphatic hydroxyl groups excluding tert-OH is 1. The summed E-state index contributed by atoms with van der Waals surface area (Å²) < 4.78 is 5.21. The average Bonchev–Trinajstić information content (AvgIpc) is 2.88. The normalized spacial score (nSPS) is 17.8. The van der Waals surface area contributed by atoms with Gasteiger partial charge in [0.1, 0.15) is 11.6 Å². The Hall–Kier alpha value is -2.41. The van der Waals surface area contributed by atoms with E-state index in [2.05, 4.69) is 5.32 Å². The van der Waals surface area contributed by atoms with E-state index < -0.39 is 29.6 Å². The molecule has 1 aliphatic rings. The second-order valence-electron chi connectivity index (χ2n) is 6.64. The van der Waals surface area contributed by atoms with E-state index in [0.717, 1.165) is 10.5 Å². The van der Waals surface area contributed by atoms with Crippen molar-refractivity contribution in [1.82, 2.24) is 4.90 Å². The SMILES string of the molecule is CC(C)(C)OC(=O)N1C(=O)CCC1C(=O)Nc1ccc(CO)cc1. The smallest absolute Gasteiger partial charge is 0.417 e. The zero-order chi connectivity index (χ0) is 17.9. The Morgan fingerprint density at radius 1 is 1.29 bits per heavy atom. The average molecular weight is 334 g/mol. The van der Waals surface area contributed by atoms with E-state index >= 15 is 0 Å². The molecule has 1 saturated heterocycles. The minimum atomic E-state index is -0.884. The lowest BCUT2D eigenvalue weighted by atomic mass is 10.2. The minimum absolute atomic E-state index is 0.0855. The molecule has 0 radical (unpaired) electrons. The van der Waals surface area contributed by atoms with E-state index in [9.17, 15) is 14.4 Å². The molecule has 3 amide bonds. The lowest BCUT2D eigenvalue weighted by Gasteiger charge is -2.26. The van der Waals surface area contributed by atoms with Crippen molar-refractivity contribution in [2.75, 3.05) is 5.32 Å². The van der Waals surface area contributed by atoms with Crippen LogP contribution < -0.4 is 5.32 Å². The van der Waals surface area contributed by atoms with Crippen molar-refractivity contribution in [3.05, 3.63) is 29.8 Å². The van der Waals surface area contributed by atoms with Gasteiger partial charge in [-0.1, -0.05) is 12.1 Å². The second kappa shape index (κ2) is 7.00. The maximum atomic E-state index is 12.4. The third kappa shape index (κ3) is 4.32. The number of anilines is 1. The Kier molecular flexibility index (Phi) is 5.23. The molecule has 1 atom stereocenters. The molecule has 1 aromatic carbocycles. The highest BCUT2D eigenvalue weighted by atomic mass is 16.6. The van der Waals surface area contributed by atoms with Crippen LogP contribution in [0.15, 0.2) is 24.3 Å². The number of benzene rings is 1. The van der Waals surface area contributed by atoms with Gasteiger partial charge in [0.15, 0.2) is 0 Å². The third-order valence-corrected chi connectivity index (χ3v) is 3.51. The Bertz CT molecular complexity index is 633. The maximum Gasteiger partial charge on any atom is 0.417 e. The van der Waals surface area contributed by atoms with Crippen LogP contribution >= 0.6 is 0 Å². The van der Waals surface area contributed by atoms with Crippen molar-refractivity contribution >= 4 is 23.6 Å². The third-order valence-electron chi connectivity index (χ3n) is 3.51. The van der Waals surface area contributed by atoms with Gasteiger partial charge in [-0.15, -0.1) is 0 Å². The molecule has 2 rings (SSSR count). The summed E-state index contributed by atoms with van der Waals surface area (Å²) >= 11 is 0. The van der Waals surface area contributed by atoms with Crippen LogP contribution in [0.5, 0.6) is 0 Å². The first-order valence-corrected chi connectivity index (χ1v) is 7.77. The Labute approximate surface area is 140 Å². The van der Waals surface area contributed by atoms with Gasteiger partial charge in [-0.05, 0) is 44.9 Å².